The molecule has 0 aliphatic carbocycles. The van der Waals surface area contributed by atoms with Crippen molar-refractivity contribution in [1.29, 1.82) is 0 Å². The van der Waals surface area contributed by atoms with Crippen molar-refractivity contribution in [3.63, 3.8) is 0 Å². The number of hydrogen-bond acceptors (Lipinski definition) is 8. The molecule has 0 saturated carbocycles. The maximum Gasteiger partial charge on any atom is 0.261 e. The van der Waals surface area contributed by atoms with Gasteiger partial charge < -0.3 is 37.8 Å². The number of hydrogen-bond donors (Lipinski definition) is 2. The van der Waals surface area contributed by atoms with Crippen LogP contribution in [0, 0.1) is 0 Å². The van der Waals surface area contributed by atoms with Crippen molar-refractivity contribution in [3.8, 4) is 0 Å². The summed E-state index contributed by atoms with van der Waals surface area (Å²) in [5.74, 6) is 2.76. The molecule has 0 aliphatic heterocycles. The standard InChI is InChI=1S/2C27H43BN6O.2Ni/c2*1-16(2)22-12-25(18(5)6)32(29-22)28(33-26(19(7)8)13-23(30-33)17(3)4)34-27(20(9)10)14-24(31-34)21(11)15-35;;/h2*12-20,35H,1-11H3;;/q2*-1;;/b2*21-15-;;. The molecule has 0 aliphatic rings. The van der Waals surface area contributed by atoms with Crippen LogP contribution in [0.5, 0.6) is 0 Å². The Labute approximate surface area is 453 Å². The Morgan fingerprint density at radius 1 is 0.333 bits per heavy atom. The molecule has 0 fully saturated rings. The van der Waals surface area contributed by atoms with Crippen LogP contribution in [0.3, 0.4) is 0 Å². The molecule has 0 amide bonds. The van der Waals surface area contributed by atoms with Crippen LogP contribution in [-0.4, -0.2) is 82.6 Å². The Morgan fingerprint density at radius 3 is 0.681 bits per heavy atom. The largest absolute Gasteiger partial charge is 0.515 e. The van der Waals surface area contributed by atoms with Gasteiger partial charge in [-0.25, -0.2) is 30.6 Å². The molecule has 72 heavy (non-hydrogen) atoms. The Kier molecular flexibility index (Phi) is 22.0. The van der Waals surface area contributed by atoms with E-state index in [1.54, 1.807) is 0 Å². The third-order valence-electron chi connectivity index (χ3n) is 13.1. The van der Waals surface area contributed by atoms with Gasteiger partial charge in [0.1, 0.15) is 0 Å². The van der Waals surface area contributed by atoms with Gasteiger partial charge in [-0.1, -0.05) is 138 Å². The van der Waals surface area contributed by atoms with Gasteiger partial charge in [0, 0.05) is 44.1 Å². The van der Waals surface area contributed by atoms with E-state index in [2.05, 4.69) is 202 Å². The second-order valence-corrected chi connectivity index (χ2v) is 22.4. The van der Waals surface area contributed by atoms with E-state index >= 15 is 0 Å². The Balaban J connectivity index is 0.000000370. The van der Waals surface area contributed by atoms with Crippen LogP contribution in [0.4, 0.5) is 0 Å². The summed E-state index contributed by atoms with van der Waals surface area (Å²) in [6.07, 6.45) is 2.25. The maximum atomic E-state index is 9.72. The summed E-state index contributed by atoms with van der Waals surface area (Å²) in [6.45, 7) is 47.5. The Morgan fingerprint density at radius 2 is 0.514 bits per heavy atom. The Hall–Kier alpha value is -4.54. The average Bonchev–Trinajstić information content (AvgIpc) is 4.14. The van der Waals surface area contributed by atoms with Gasteiger partial charge in [-0.3, -0.25) is 0 Å². The van der Waals surface area contributed by atoms with Gasteiger partial charge in [0.15, 0.2) is 0 Å². The van der Waals surface area contributed by atoms with E-state index in [1.807, 2.05) is 13.8 Å². The second-order valence-electron chi connectivity index (χ2n) is 22.4. The van der Waals surface area contributed by atoms with Crippen molar-refractivity contribution in [3.05, 3.63) is 117 Å². The van der Waals surface area contributed by atoms with E-state index in [9.17, 15) is 10.2 Å². The van der Waals surface area contributed by atoms with Crippen LogP contribution in [0.1, 0.15) is 280 Å². The van der Waals surface area contributed by atoms with Gasteiger partial charge in [0.2, 0.25) is 0 Å². The predicted octanol–water partition coefficient (Wildman–Crippen LogP) is 13.5. The van der Waals surface area contributed by atoms with Gasteiger partial charge in [-0.15, -0.1) is 0 Å². The number of aliphatic hydroxyl groups is 2. The Bertz CT molecular complexity index is 2440. The van der Waals surface area contributed by atoms with Crippen LogP contribution in [0.15, 0.2) is 48.9 Å². The molecule has 6 heterocycles. The molecule has 6 aromatic rings. The fraction of sp³-hybridized carbons (Fsp3) is 0.593. The first-order chi connectivity index (χ1) is 32.7. The minimum atomic E-state index is -0.401. The van der Waals surface area contributed by atoms with Crippen LogP contribution in [-0.2, 0) is 33.0 Å². The van der Waals surface area contributed by atoms with Crippen molar-refractivity contribution < 1.29 is 43.2 Å². The number of aromatic nitrogens is 12. The molecular weight excluding hydrogens is 988 g/mol. The van der Waals surface area contributed by atoms with E-state index in [1.165, 1.54) is 0 Å². The third kappa shape index (κ3) is 13.2. The van der Waals surface area contributed by atoms with E-state index in [0.29, 0.717) is 23.7 Å². The molecule has 0 atom stereocenters. The molecule has 402 valence electrons. The minimum Gasteiger partial charge on any atom is -0.515 e. The molecule has 0 bridgehead atoms. The van der Waals surface area contributed by atoms with Crippen LogP contribution in [0.25, 0.3) is 11.1 Å². The summed E-state index contributed by atoms with van der Waals surface area (Å²) in [7, 11) is -0.801. The molecule has 0 unspecified atom stereocenters. The quantitative estimate of drug-likeness (QED) is 0.0639. The van der Waals surface area contributed by atoms with Gasteiger partial charge >= 0.3 is 0 Å². The van der Waals surface area contributed by atoms with Crippen LogP contribution in [0.2, 0.25) is 0 Å². The molecule has 0 spiro atoms. The second kappa shape index (κ2) is 25.6. The maximum absolute atomic E-state index is 9.72. The summed E-state index contributed by atoms with van der Waals surface area (Å²) in [6, 6.07) is 13.0. The van der Waals surface area contributed by atoms with Crippen LogP contribution >= 0.6 is 0 Å². The molecule has 0 saturated heterocycles. The molecule has 14 nitrogen and oxygen atoms in total. The van der Waals surface area contributed by atoms with Crippen molar-refractivity contribution in [2.24, 2.45) is 0 Å². The fourth-order valence-electron chi connectivity index (χ4n) is 8.50. The van der Waals surface area contributed by atoms with Gasteiger partial charge in [0.05, 0.1) is 46.7 Å². The zero-order chi connectivity index (χ0) is 52.4. The monoisotopic (exact) mass is 1070 g/mol. The van der Waals surface area contributed by atoms with E-state index in [0.717, 1.165) is 92.0 Å². The van der Waals surface area contributed by atoms with Crippen molar-refractivity contribution in [2.75, 3.05) is 0 Å². The number of nitrogens with zero attached hydrogens (tertiary/aromatic N) is 12. The summed E-state index contributed by atoms with van der Waals surface area (Å²) in [4.78, 5) is 0. The van der Waals surface area contributed by atoms with Gasteiger partial charge in [-0.05, 0) is 144 Å². The van der Waals surface area contributed by atoms with E-state index < -0.39 is 14.2 Å². The summed E-state index contributed by atoms with van der Waals surface area (Å²) >= 11 is 0. The molecule has 2 N–H and O–H groups in total. The van der Waals surface area contributed by atoms with Crippen molar-refractivity contribution >= 4 is 25.4 Å². The topological polar surface area (TPSA) is 147 Å². The number of aliphatic hydroxyl groups excluding tert-OH is 2. The van der Waals surface area contributed by atoms with E-state index in [4.69, 9.17) is 30.6 Å². The molecule has 6 rings (SSSR count). The minimum absolute atomic E-state index is 0. The molecule has 6 aromatic heterocycles. The fourth-order valence-corrected chi connectivity index (χ4v) is 8.50. The third-order valence-corrected chi connectivity index (χ3v) is 13.1. The predicted molar refractivity (Wildman–Crippen MR) is 291 cm³/mol. The summed E-state index contributed by atoms with van der Waals surface area (Å²) < 4.78 is 12.6. The molecule has 0 aromatic carbocycles. The SMILES string of the molecule is C/C(=C/O)c1cc(C(C)C)n([B-](n2nc(C(C)C)cc2C(C)C)n2nc(C(C)C)cc2C(C)C)n1.C/C(=C/O)c1cc(C(C)C)n([B-](n2nc(C(C)C)cc2C(C)C)n2nc(C(C)C)cc2C(C)C)n1.[Ni].[Ni]. The van der Waals surface area contributed by atoms with Gasteiger partial charge in [0.25, 0.3) is 14.2 Å². The smallest absolute Gasteiger partial charge is 0.261 e. The number of allylic oxidation sites excluding steroid dienone is 2. The zero-order valence-electron chi connectivity index (χ0n) is 47.4. The van der Waals surface area contributed by atoms with E-state index in [-0.39, 0.29) is 68.5 Å². The first-order valence-electron chi connectivity index (χ1n) is 25.9. The molecule has 2 radical (unpaired) electrons. The molecular formula is C54H86B2N12Ni2O2-2. The van der Waals surface area contributed by atoms with Crippen molar-refractivity contribution in [1.82, 2.24) is 58.1 Å². The summed E-state index contributed by atoms with van der Waals surface area (Å²) in [5.41, 5.74) is 13.9. The number of rotatable bonds is 18. The van der Waals surface area contributed by atoms with Gasteiger partial charge in [-0.2, -0.15) is 0 Å². The van der Waals surface area contributed by atoms with Crippen LogP contribution < -0.4 is 0 Å². The normalized spacial score (nSPS) is 12.8. The first kappa shape index (κ1) is 61.8. The summed E-state index contributed by atoms with van der Waals surface area (Å²) in [5, 5.41) is 50.1. The zero-order valence-corrected chi connectivity index (χ0v) is 49.4. The molecule has 18 heteroatoms. The van der Waals surface area contributed by atoms with Crippen molar-refractivity contribution in [2.45, 2.75) is 212 Å². The first-order valence-corrected chi connectivity index (χ1v) is 25.9. The average molecular weight is 1070 g/mol.